The van der Waals surface area contributed by atoms with Gasteiger partial charge in [-0.25, -0.2) is 9.97 Å². The van der Waals surface area contributed by atoms with Gasteiger partial charge in [0.05, 0.1) is 29.3 Å². The fraction of sp³-hybridized carbons (Fsp3) is 0. The lowest BCUT2D eigenvalue weighted by Crippen LogP contribution is -1.96. The van der Waals surface area contributed by atoms with Gasteiger partial charge in [-0.2, -0.15) is 0 Å². The number of hydrogen-bond acceptors (Lipinski definition) is 2. The van der Waals surface area contributed by atoms with Crippen LogP contribution in [0.3, 0.4) is 0 Å². The zero-order valence-electron chi connectivity index (χ0n) is 33.5. The summed E-state index contributed by atoms with van der Waals surface area (Å²) in [5, 5.41) is 4.09. The molecule has 3 heteroatoms. The molecule has 53 heavy (non-hydrogen) atoms. The zero-order valence-corrected chi connectivity index (χ0v) is 28.5. The van der Waals surface area contributed by atoms with Gasteiger partial charge in [0.1, 0.15) is 0 Å². The molecule has 0 N–H and O–H groups in total. The van der Waals surface area contributed by atoms with Gasteiger partial charge in [-0.15, -0.1) is 0 Å². The largest absolute Gasteiger partial charge is 0.309 e. The van der Waals surface area contributed by atoms with Crippen molar-refractivity contribution in [1.82, 2.24) is 14.5 Å². The average Bonchev–Trinajstić information content (AvgIpc) is 3.61. The van der Waals surface area contributed by atoms with Crippen LogP contribution >= 0.6 is 0 Å². The lowest BCUT2D eigenvalue weighted by Gasteiger charge is -2.14. The van der Waals surface area contributed by atoms with Gasteiger partial charge in [0.2, 0.25) is 0 Å². The smallest absolute Gasteiger partial charge is 0.160 e. The van der Waals surface area contributed by atoms with E-state index >= 15 is 0 Å². The van der Waals surface area contributed by atoms with Crippen LogP contribution in [0.15, 0.2) is 200 Å². The van der Waals surface area contributed by atoms with Gasteiger partial charge < -0.3 is 4.57 Å². The number of rotatable bonds is 6. The predicted molar refractivity (Wildman–Crippen MR) is 221 cm³/mol. The Bertz CT molecular complexity index is 3130. The molecule has 0 bridgehead atoms. The second-order valence-electron chi connectivity index (χ2n) is 13.0. The van der Waals surface area contributed by atoms with E-state index < -0.39 is 6.04 Å². The highest BCUT2D eigenvalue weighted by Gasteiger charge is 2.16. The second kappa shape index (κ2) is 12.9. The van der Waals surface area contributed by atoms with Gasteiger partial charge in [-0.3, -0.25) is 0 Å². The molecule has 248 valence electrons. The quantitative estimate of drug-likeness (QED) is 0.175. The first-order chi connectivity index (χ1) is 28.4. The normalized spacial score (nSPS) is 12.7. The summed E-state index contributed by atoms with van der Waals surface area (Å²) < 4.78 is 44.0. The van der Waals surface area contributed by atoms with E-state index in [0.29, 0.717) is 5.82 Å². The fourth-order valence-corrected chi connectivity index (χ4v) is 7.42. The molecule has 3 nitrogen and oxygen atoms in total. The summed E-state index contributed by atoms with van der Waals surface area (Å²) >= 11 is 0. The minimum Gasteiger partial charge on any atom is -0.309 e. The van der Waals surface area contributed by atoms with Crippen LogP contribution in [0.25, 0.3) is 94.4 Å². The standard InChI is InChI=1S/C50H33N3/c1-4-14-36(15-5-1)46-33-47(52-50(51-46)37-16-6-2-7-17-37)43-30-29-40(41-20-10-11-21-42(41)43)35-26-24-34(25-27-35)38-28-31-49-45(32-38)44-22-12-13-23-48(44)53(49)39-18-8-3-9-19-39/h1-33H/i3D,8D,9D,18D,19D. The number of hydrogen-bond donors (Lipinski definition) is 0. The van der Waals surface area contributed by atoms with Crippen molar-refractivity contribution in [3.05, 3.63) is 200 Å². The van der Waals surface area contributed by atoms with Crippen molar-refractivity contribution in [3.63, 3.8) is 0 Å². The highest BCUT2D eigenvalue weighted by molar-refractivity contribution is 6.10. The molecule has 2 heterocycles. The van der Waals surface area contributed by atoms with Crippen molar-refractivity contribution >= 4 is 32.6 Å². The fourth-order valence-electron chi connectivity index (χ4n) is 7.42. The summed E-state index contributed by atoms with van der Waals surface area (Å²) in [6.07, 6.45) is 0. The van der Waals surface area contributed by atoms with Crippen molar-refractivity contribution in [2.75, 3.05) is 0 Å². The topological polar surface area (TPSA) is 30.7 Å². The Labute approximate surface area is 315 Å². The van der Waals surface area contributed by atoms with Crippen molar-refractivity contribution in [1.29, 1.82) is 0 Å². The number of para-hydroxylation sites is 2. The predicted octanol–water partition coefficient (Wildman–Crippen LogP) is 13.1. The molecule has 0 saturated heterocycles. The Morgan fingerprint density at radius 3 is 1.70 bits per heavy atom. The molecule has 0 aliphatic rings. The summed E-state index contributed by atoms with van der Waals surface area (Å²) in [7, 11) is 0. The van der Waals surface area contributed by atoms with Crippen LogP contribution in [0.4, 0.5) is 0 Å². The molecule has 0 aliphatic carbocycles. The highest BCUT2D eigenvalue weighted by atomic mass is 15.0. The third-order valence-corrected chi connectivity index (χ3v) is 9.94. The van der Waals surface area contributed by atoms with Gasteiger partial charge in [0.25, 0.3) is 0 Å². The van der Waals surface area contributed by atoms with Gasteiger partial charge in [0, 0.05) is 33.2 Å². The van der Waals surface area contributed by atoms with Crippen LogP contribution in [0.5, 0.6) is 0 Å². The maximum atomic E-state index is 8.72. The van der Waals surface area contributed by atoms with Crippen LogP contribution in [0.1, 0.15) is 6.85 Å². The van der Waals surface area contributed by atoms with E-state index in [4.69, 9.17) is 16.8 Å². The highest BCUT2D eigenvalue weighted by Crippen LogP contribution is 2.39. The molecule has 0 fully saturated rings. The van der Waals surface area contributed by atoms with Gasteiger partial charge >= 0.3 is 0 Å². The number of fused-ring (bicyclic) bond motifs is 4. The minimum absolute atomic E-state index is 0.139. The third-order valence-electron chi connectivity index (χ3n) is 9.94. The minimum atomic E-state index is -0.408. The maximum absolute atomic E-state index is 8.72. The van der Waals surface area contributed by atoms with Crippen molar-refractivity contribution < 1.29 is 6.85 Å². The van der Waals surface area contributed by atoms with Crippen LogP contribution in [0, 0.1) is 0 Å². The molecule has 0 saturated carbocycles. The van der Waals surface area contributed by atoms with Crippen LogP contribution in [-0.2, 0) is 0 Å². The molecular formula is C50H33N3. The number of nitrogens with zero attached hydrogens (tertiary/aromatic N) is 3. The Hall–Kier alpha value is -7.10. The van der Waals surface area contributed by atoms with E-state index in [1.54, 1.807) is 4.57 Å². The molecule has 0 radical (unpaired) electrons. The first-order valence-electron chi connectivity index (χ1n) is 20.1. The molecule has 0 unspecified atom stereocenters. The van der Waals surface area contributed by atoms with Crippen molar-refractivity contribution in [3.8, 4) is 61.8 Å². The lowest BCUT2D eigenvalue weighted by atomic mass is 9.92. The van der Waals surface area contributed by atoms with Crippen molar-refractivity contribution in [2.45, 2.75) is 0 Å². The summed E-state index contributed by atoms with van der Waals surface area (Å²) in [6, 6.07) is 56.1. The van der Waals surface area contributed by atoms with Gasteiger partial charge in [0.15, 0.2) is 5.82 Å². The number of benzene rings is 8. The molecule has 0 aliphatic heterocycles. The Kier molecular flexibility index (Phi) is 6.28. The van der Waals surface area contributed by atoms with E-state index in [-0.39, 0.29) is 29.9 Å². The summed E-state index contributed by atoms with van der Waals surface area (Å²) in [6.45, 7) is 0. The Balaban J connectivity index is 1.05. The molecule has 8 aromatic carbocycles. The SMILES string of the molecule is [2H]c1c([2H])c([2H])c(-n2c3ccccc3c3cc(-c4ccc(-c5ccc(-c6cc(-c7ccccc7)nc(-c7ccccc7)n6)c6ccccc56)cc4)ccc32)c([2H])c1[2H]. The molecule has 0 atom stereocenters. The van der Waals surface area contributed by atoms with Crippen LogP contribution in [0.2, 0.25) is 0 Å². The molecule has 10 rings (SSSR count). The first-order valence-corrected chi connectivity index (χ1v) is 17.6. The monoisotopic (exact) mass is 680 g/mol. The number of aromatic nitrogens is 3. The maximum Gasteiger partial charge on any atom is 0.160 e. The first kappa shape index (κ1) is 25.8. The van der Waals surface area contributed by atoms with Gasteiger partial charge in [-0.05, 0) is 69.4 Å². The van der Waals surface area contributed by atoms with Crippen LogP contribution in [-0.4, -0.2) is 14.5 Å². The van der Waals surface area contributed by atoms with Crippen LogP contribution < -0.4 is 0 Å². The van der Waals surface area contributed by atoms with E-state index in [1.165, 1.54) is 0 Å². The molecular weight excluding hydrogens is 643 g/mol. The Morgan fingerprint density at radius 1 is 0.377 bits per heavy atom. The molecule has 10 aromatic rings. The van der Waals surface area contributed by atoms with E-state index in [1.807, 2.05) is 84.9 Å². The van der Waals surface area contributed by atoms with Gasteiger partial charge in [-0.1, -0.05) is 164 Å². The van der Waals surface area contributed by atoms with Crippen molar-refractivity contribution in [2.24, 2.45) is 0 Å². The second-order valence-corrected chi connectivity index (χ2v) is 13.0. The average molecular weight is 681 g/mol. The Morgan fingerprint density at radius 2 is 0.943 bits per heavy atom. The third kappa shape index (κ3) is 5.47. The van der Waals surface area contributed by atoms with E-state index in [9.17, 15) is 0 Å². The summed E-state index contributed by atoms with van der Waals surface area (Å²) in [4.78, 5) is 10.1. The zero-order chi connectivity index (χ0) is 39.5. The molecule has 0 spiro atoms. The van der Waals surface area contributed by atoms with E-state index in [0.717, 1.165) is 82.9 Å². The summed E-state index contributed by atoms with van der Waals surface area (Å²) in [5.41, 5.74) is 10.7. The molecule has 2 aromatic heterocycles. The lowest BCUT2D eigenvalue weighted by molar-refractivity contribution is 1.18. The van der Waals surface area contributed by atoms with E-state index in [2.05, 4.69) is 84.9 Å². The molecule has 0 amide bonds. The summed E-state index contributed by atoms with van der Waals surface area (Å²) in [5.74, 6) is 0.678.